The van der Waals surface area contributed by atoms with Gasteiger partial charge in [-0.3, -0.25) is 4.79 Å². The van der Waals surface area contributed by atoms with Crippen molar-refractivity contribution >= 4 is 28.2 Å². The number of fused-ring (bicyclic) bond motifs is 3. The first-order valence-corrected chi connectivity index (χ1v) is 5.21. The van der Waals surface area contributed by atoms with Crippen LogP contribution in [0.1, 0.15) is 16.1 Å². The fourth-order valence-electron chi connectivity index (χ4n) is 2.10. The molecular formula is C13H9NO3. The summed E-state index contributed by atoms with van der Waals surface area (Å²) < 4.78 is 5.22. The molecule has 1 N–H and O–H groups in total. The predicted molar refractivity (Wildman–Crippen MR) is 64.5 cm³/mol. The van der Waals surface area contributed by atoms with E-state index in [0.29, 0.717) is 34.0 Å². The molecule has 0 spiro atoms. The average Bonchev–Trinajstić information content (AvgIpc) is 2.67. The minimum atomic E-state index is -0.416. The number of aryl methyl sites for hydroxylation is 1. The molecule has 0 aliphatic rings. The first-order valence-electron chi connectivity index (χ1n) is 5.21. The summed E-state index contributed by atoms with van der Waals surface area (Å²) in [6.07, 6.45) is 0.712. The number of rotatable bonds is 1. The molecule has 1 aromatic carbocycles. The van der Waals surface area contributed by atoms with Crippen LogP contribution in [0.5, 0.6) is 0 Å². The molecule has 0 amide bonds. The fraction of sp³-hybridized carbons (Fsp3) is 0.0769. The van der Waals surface area contributed by atoms with Crippen molar-refractivity contribution in [3.63, 3.8) is 0 Å². The number of aldehydes is 1. The summed E-state index contributed by atoms with van der Waals surface area (Å²) in [4.78, 5) is 25.7. The van der Waals surface area contributed by atoms with E-state index in [4.69, 9.17) is 4.42 Å². The third kappa shape index (κ3) is 1.24. The zero-order valence-corrected chi connectivity index (χ0v) is 9.11. The molecular weight excluding hydrogens is 218 g/mol. The molecule has 0 aliphatic carbocycles. The van der Waals surface area contributed by atoms with E-state index < -0.39 is 5.63 Å². The summed E-state index contributed by atoms with van der Waals surface area (Å²) in [5, 5.41) is 1.25. The van der Waals surface area contributed by atoms with E-state index in [9.17, 15) is 9.59 Å². The van der Waals surface area contributed by atoms with Crippen LogP contribution in [-0.2, 0) is 0 Å². The summed E-state index contributed by atoms with van der Waals surface area (Å²) in [5.74, 6) is 0. The van der Waals surface area contributed by atoms with Gasteiger partial charge in [0.15, 0.2) is 6.29 Å². The normalized spacial score (nSPS) is 11.1. The largest absolute Gasteiger partial charge is 0.422 e. The zero-order valence-electron chi connectivity index (χ0n) is 9.11. The Bertz CT molecular complexity index is 795. The topological polar surface area (TPSA) is 63.1 Å². The van der Waals surface area contributed by atoms with Gasteiger partial charge in [-0.25, -0.2) is 4.79 Å². The van der Waals surface area contributed by atoms with Gasteiger partial charge < -0.3 is 9.40 Å². The molecule has 0 aliphatic heterocycles. The summed E-state index contributed by atoms with van der Waals surface area (Å²) in [5.41, 5.74) is 1.82. The number of carbonyl (C=O) groups is 1. The minimum absolute atomic E-state index is 0.416. The third-order valence-corrected chi connectivity index (χ3v) is 2.97. The Balaban J connectivity index is 2.66. The lowest BCUT2D eigenvalue weighted by atomic mass is 10.1. The Hall–Kier alpha value is -2.36. The van der Waals surface area contributed by atoms with Crippen molar-refractivity contribution in [2.45, 2.75) is 6.92 Å². The monoisotopic (exact) mass is 227 g/mol. The molecule has 3 rings (SSSR count). The molecule has 3 aromatic rings. The maximum absolute atomic E-state index is 11.8. The summed E-state index contributed by atoms with van der Waals surface area (Å²) in [7, 11) is 0. The quantitative estimate of drug-likeness (QED) is 0.512. The molecule has 0 bridgehead atoms. The standard InChI is InChI=1S/C13H9NO3/c1-7-9(6-15)14-12-8-4-2-3-5-10(8)17-13(16)11(7)12/h2-6,14H,1H3. The summed E-state index contributed by atoms with van der Waals surface area (Å²) >= 11 is 0. The van der Waals surface area contributed by atoms with Gasteiger partial charge in [0.05, 0.1) is 16.6 Å². The van der Waals surface area contributed by atoms with Gasteiger partial charge in [-0.05, 0) is 24.6 Å². The van der Waals surface area contributed by atoms with Crippen molar-refractivity contribution in [2.24, 2.45) is 0 Å². The highest BCUT2D eigenvalue weighted by Crippen LogP contribution is 2.25. The Labute approximate surface area is 95.9 Å². The number of para-hydroxylation sites is 1. The van der Waals surface area contributed by atoms with E-state index in [1.54, 1.807) is 19.1 Å². The lowest BCUT2D eigenvalue weighted by Crippen LogP contribution is -1.99. The predicted octanol–water partition coefficient (Wildman–Crippen LogP) is 2.40. The lowest BCUT2D eigenvalue weighted by molar-refractivity contribution is 0.111. The molecule has 0 fully saturated rings. The fourth-order valence-corrected chi connectivity index (χ4v) is 2.10. The molecule has 84 valence electrons. The molecule has 0 radical (unpaired) electrons. The van der Waals surface area contributed by atoms with E-state index >= 15 is 0 Å². The number of nitrogens with one attached hydrogen (secondary N) is 1. The van der Waals surface area contributed by atoms with Crippen molar-refractivity contribution in [2.75, 3.05) is 0 Å². The molecule has 2 aromatic heterocycles. The number of H-pyrrole nitrogens is 1. The number of hydrogen-bond acceptors (Lipinski definition) is 3. The van der Waals surface area contributed by atoms with Crippen molar-refractivity contribution in [3.8, 4) is 0 Å². The van der Waals surface area contributed by atoms with Crippen molar-refractivity contribution in [3.05, 3.63) is 45.9 Å². The van der Waals surface area contributed by atoms with Crippen molar-refractivity contribution in [1.82, 2.24) is 4.98 Å². The maximum Gasteiger partial charge on any atom is 0.346 e. The number of aromatic amines is 1. The van der Waals surface area contributed by atoms with Crippen LogP contribution < -0.4 is 5.63 Å². The molecule has 17 heavy (non-hydrogen) atoms. The van der Waals surface area contributed by atoms with Gasteiger partial charge in [0.25, 0.3) is 0 Å². The Morgan fingerprint density at radius 2 is 2.06 bits per heavy atom. The highest BCUT2D eigenvalue weighted by atomic mass is 16.4. The van der Waals surface area contributed by atoms with Crippen LogP contribution in [0.4, 0.5) is 0 Å². The molecule has 0 saturated carbocycles. The number of benzene rings is 1. The van der Waals surface area contributed by atoms with E-state index in [1.165, 1.54) is 0 Å². The van der Waals surface area contributed by atoms with Crippen molar-refractivity contribution in [1.29, 1.82) is 0 Å². The molecule has 4 heteroatoms. The Kier molecular flexibility index (Phi) is 1.92. The average molecular weight is 227 g/mol. The highest BCUT2D eigenvalue weighted by molar-refractivity contribution is 6.05. The maximum atomic E-state index is 11.8. The summed E-state index contributed by atoms with van der Waals surface area (Å²) in [6.45, 7) is 1.73. The van der Waals surface area contributed by atoms with Gasteiger partial charge in [0, 0.05) is 5.39 Å². The van der Waals surface area contributed by atoms with E-state index in [1.807, 2.05) is 12.1 Å². The minimum Gasteiger partial charge on any atom is -0.422 e. The second kappa shape index (κ2) is 3.31. The van der Waals surface area contributed by atoms with Gasteiger partial charge in [0.2, 0.25) is 0 Å². The van der Waals surface area contributed by atoms with Gasteiger partial charge in [-0.15, -0.1) is 0 Å². The van der Waals surface area contributed by atoms with Crippen molar-refractivity contribution < 1.29 is 9.21 Å². The summed E-state index contributed by atoms with van der Waals surface area (Å²) in [6, 6.07) is 7.24. The molecule has 2 heterocycles. The molecule has 0 atom stereocenters. The van der Waals surface area contributed by atoms with Crippen LogP contribution >= 0.6 is 0 Å². The van der Waals surface area contributed by atoms with Crippen LogP contribution in [-0.4, -0.2) is 11.3 Å². The van der Waals surface area contributed by atoms with E-state index in [-0.39, 0.29) is 0 Å². The smallest absolute Gasteiger partial charge is 0.346 e. The van der Waals surface area contributed by atoms with Gasteiger partial charge in [0.1, 0.15) is 5.58 Å². The molecule has 4 nitrogen and oxygen atoms in total. The first kappa shape index (κ1) is 9.84. The highest BCUT2D eigenvalue weighted by Gasteiger charge is 2.14. The van der Waals surface area contributed by atoms with E-state index in [2.05, 4.69) is 4.98 Å². The van der Waals surface area contributed by atoms with E-state index in [0.717, 1.165) is 5.39 Å². The number of carbonyl (C=O) groups excluding carboxylic acids is 1. The first-order chi connectivity index (χ1) is 8.22. The molecule has 0 unspecified atom stereocenters. The third-order valence-electron chi connectivity index (χ3n) is 2.97. The Morgan fingerprint density at radius 1 is 1.29 bits per heavy atom. The SMILES string of the molecule is Cc1c(C=O)[nH]c2c1c(=O)oc1ccccc12. The van der Waals surface area contributed by atoms with Gasteiger partial charge in [-0.1, -0.05) is 12.1 Å². The van der Waals surface area contributed by atoms with Gasteiger partial charge >= 0.3 is 5.63 Å². The lowest BCUT2D eigenvalue weighted by Gasteiger charge is -1.97. The second-order valence-corrected chi connectivity index (χ2v) is 3.92. The Morgan fingerprint density at radius 3 is 2.82 bits per heavy atom. The van der Waals surface area contributed by atoms with Crippen LogP contribution in [0, 0.1) is 6.92 Å². The molecule has 0 saturated heterocycles. The van der Waals surface area contributed by atoms with Crippen LogP contribution in [0.25, 0.3) is 21.9 Å². The second-order valence-electron chi connectivity index (χ2n) is 3.92. The zero-order chi connectivity index (χ0) is 12.0. The van der Waals surface area contributed by atoms with Crippen LogP contribution in [0.3, 0.4) is 0 Å². The number of aromatic nitrogens is 1. The van der Waals surface area contributed by atoms with Crippen LogP contribution in [0.15, 0.2) is 33.5 Å². The number of hydrogen-bond donors (Lipinski definition) is 1. The van der Waals surface area contributed by atoms with Gasteiger partial charge in [-0.2, -0.15) is 0 Å². The van der Waals surface area contributed by atoms with Crippen LogP contribution in [0.2, 0.25) is 0 Å².